The maximum Gasteiger partial charge on any atom is 0.254 e. The van der Waals surface area contributed by atoms with Crippen molar-refractivity contribution in [3.63, 3.8) is 0 Å². The van der Waals surface area contributed by atoms with Crippen molar-refractivity contribution < 1.29 is 18.8 Å². The van der Waals surface area contributed by atoms with E-state index in [2.05, 4.69) is 10.5 Å². The summed E-state index contributed by atoms with van der Waals surface area (Å²) >= 11 is 0. The van der Waals surface area contributed by atoms with Gasteiger partial charge in [0, 0.05) is 18.9 Å². The van der Waals surface area contributed by atoms with E-state index in [1.54, 1.807) is 19.1 Å². The Balaban J connectivity index is 1.76. The Morgan fingerprint density at radius 1 is 1.43 bits per heavy atom. The number of methoxy groups -OCH3 is 1. The molecule has 0 bridgehead atoms. The van der Waals surface area contributed by atoms with Crippen LogP contribution < -0.4 is 15.0 Å². The molecule has 0 aliphatic carbocycles. The average Bonchev–Trinajstić information content (AvgIpc) is 3.02. The molecule has 1 aromatic carbocycles. The minimum atomic E-state index is -0.554. The molecule has 1 aliphatic rings. The van der Waals surface area contributed by atoms with Crippen molar-refractivity contribution in [1.82, 2.24) is 5.16 Å². The first-order chi connectivity index (χ1) is 11.1. The lowest BCUT2D eigenvalue weighted by Crippen LogP contribution is -2.49. The van der Waals surface area contributed by atoms with Gasteiger partial charge in [-0.1, -0.05) is 12.1 Å². The molecule has 3 rings (SSSR count). The quantitative estimate of drug-likeness (QED) is 0.932. The number of carbonyl (C=O) groups is 2. The molecule has 1 aliphatic heterocycles. The second-order valence-corrected chi connectivity index (χ2v) is 5.28. The van der Waals surface area contributed by atoms with Crippen molar-refractivity contribution in [3.8, 4) is 5.88 Å². The van der Waals surface area contributed by atoms with Crippen molar-refractivity contribution in [3.05, 3.63) is 36.1 Å². The molecule has 1 N–H and O–H groups in total. The van der Waals surface area contributed by atoms with E-state index < -0.39 is 6.04 Å². The van der Waals surface area contributed by atoms with Crippen LogP contribution in [0.1, 0.15) is 19.1 Å². The Bertz CT molecular complexity index is 740. The summed E-state index contributed by atoms with van der Waals surface area (Å²) in [4.78, 5) is 26.2. The number of carbonyl (C=O) groups excluding carboxylic acids is 2. The Morgan fingerprint density at radius 2 is 2.22 bits per heavy atom. The first-order valence-corrected chi connectivity index (χ1v) is 7.31. The highest BCUT2D eigenvalue weighted by Gasteiger charge is 2.33. The number of amides is 2. The van der Waals surface area contributed by atoms with Crippen molar-refractivity contribution in [2.45, 2.75) is 25.8 Å². The predicted octanol–water partition coefficient (Wildman–Crippen LogP) is 1.99. The lowest BCUT2D eigenvalue weighted by molar-refractivity contribution is -0.123. The molecule has 2 aromatic rings. The Kier molecular flexibility index (Phi) is 4.01. The number of nitrogens with one attached hydrogen (secondary N) is 1. The number of anilines is 2. The van der Waals surface area contributed by atoms with Crippen molar-refractivity contribution in [2.75, 3.05) is 17.3 Å². The summed E-state index contributed by atoms with van der Waals surface area (Å²) in [7, 11) is 1.50. The summed E-state index contributed by atoms with van der Waals surface area (Å²) in [6, 6.07) is 8.35. The second kappa shape index (κ2) is 6.12. The van der Waals surface area contributed by atoms with Crippen LogP contribution in [0.25, 0.3) is 0 Å². The van der Waals surface area contributed by atoms with Crippen molar-refractivity contribution in [1.29, 1.82) is 0 Å². The van der Waals surface area contributed by atoms with Gasteiger partial charge in [0.15, 0.2) is 0 Å². The molecule has 1 unspecified atom stereocenters. The molecule has 2 amide bonds. The van der Waals surface area contributed by atoms with Crippen LogP contribution >= 0.6 is 0 Å². The van der Waals surface area contributed by atoms with Gasteiger partial charge < -0.3 is 14.6 Å². The molecule has 7 nitrogen and oxygen atoms in total. The zero-order valence-corrected chi connectivity index (χ0v) is 12.9. The van der Waals surface area contributed by atoms with Crippen LogP contribution in [0.5, 0.6) is 5.88 Å². The normalized spacial score (nSPS) is 16.7. The van der Waals surface area contributed by atoms with Gasteiger partial charge in [0.25, 0.3) is 5.88 Å². The number of aromatic nitrogens is 1. The summed E-state index contributed by atoms with van der Waals surface area (Å²) in [5, 5.41) is 6.50. The average molecular weight is 315 g/mol. The molecule has 0 radical (unpaired) electrons. The second-order valence-electron chi connectivity index (χ2n) is 5.28. The molecule has 0 fully saturated rings. The number of ether oxygens (including phenoxy) is 1. The first kappa shape index (κ1) is 15.1. The van der Waals surface area contributed by atoms with Gasteiger partial charge in [0.05, 0.1) is 18.5 Å². The van der Waals surface area contributed by atoms with E-state index in [1.165, 1.54) is 12.0 Å². The third kappa shape index (κ3) is 2.90. The Hall–Kier alpha value is -2.83. The van der Waals surface area contributed by atoms with Crippen LogP contribution in [0, 0.1) is 0 Å². The van der Waals surface area contributed by atoms with Crippen molar-refractivity contribution in [2.24, 2.45) is 0 Å². The van der Waals surface area contributed by atoms with Gasteiger partial charge >= 0.3 is 0 Å². The number of rotatable bonds is 4. The summed E-state index contributed by atoms with van der Waals surface area (Å²) in [5.41, 5.74) is 1.35. The molecule has 0 saturated carbocycles. The Labute approximate surface area is 133 Å². The topological polar surface area (TPSA) is 84.7 Å². The predicted molar refractivity (Wildman–Crippen MR) is 83.4 cm³/mol. The van der Waals surface area contributed by atoms with Crippen LogP contribution in [-0.4, -0.2) is 30.1 Å². The zero-order valence-electron chi connectivity index (χ0n) is 12.9. The number of aryl methyl sites for hydroxylation is 1. The van der Waals surface area contributed by atoms with E-state index in [4.69, 9.17) is 9.26 Å². The third-order valence-corrected chi connectivity index (χ3v) is 3.79. The van der Waals surface area contributed by atoms with E-state index in [0.29, 0.717) is 29.4 Å². The van der Waals surface area contributed by atoms with Gasteiger partial charge in [-0.05, 0) is 24.2 Å². The lowest BCUT2D eigenvalue weighted by Gasteiger charge is -2.34. The van der Waals surface area contributed by atoms with Gasteiger partial charge in [0.2, 0.25) is 11.8 Å². The fraction of sp³-hybridized carbons (Fsp3) is 0.312. The molecular formula is C16H17N3O4. The molecule has 1 atom stereocenters. The summed E-state index contributed by atoms with van der Waals surface area (Å²) in [5.74, 6) is 0.606. The summed E-state index contributed by atoms with van der Waals surface area (Å²) < 4.78 is 10.0. The molecule has 0 saturated heterocycles. The number of fused-ring (bicyclic) bond motifs is 1. The van der Waals surface area contributed by atoms with E-state index in [1.807, 2.05) is 18.2 Å². The summed E-state index contributed by atoms with van der Waals surface area (Å²) in [6.07, 6.45) is 0.604. The van der Waals surface area contributed by atoms with Gasteiger partial charge in [-0.2, -0.15) is 0 Å². The third-order valence-electron chi connectivity index (χ3n) is 3.79. The van der Waals surface area contributed by atoms with Crippen LogP contribution in [-0.2, 0) is 16.0 Å². The zero-order chi connectivity index (χ0) is 16.4. The molecule has 23 heavy (non-hydrogen) atoms. The Morgan fingerprint density at radius 3 is 2.96 bits per heavy atom. The van der Waals surface area contributed by atoms with Gasteiger partial charge in [-0.3, -0.25) is 14.5 Å². The maximum atomic E-state index is 12.6. The number of para-hydroxylation sites is 2. The van der Waals surface area contributed by atoms with E-state index in [0.717, 1.165) is 0 Å². The van der Waals surface area contributed by atoms with Crippen molar-refractivity contribution >= 4 is 23.2 Å². The minimum absolute atomic E-state index is 0.143. The molecule has 2 heterocycles. The van der Waals surface area contributed by atoms with Gasteiger partial charge in [0.1, 0.15) is 11.8 Å². The van der Waals surface area contributed by atoms with Crippen LogP contribution in [0.4, 0.5) is 11.4 Å². The molecule has 120 valence electrons. The van der Waals surface area contributed by atoms with E-state index in [9.17, 15) is 9.59 Å². The van der Waals surface area contributed by atoms with Crippen LogP contribution in [0.3, 0.4) is 0 Å². The molecule has 0 spiro atoms. The standard InChI is InChI=1S/C16H17N3O4/c1-10-16(21)17-12-5-3-4-6-13(12)19(10)15(20)8-7-11-9-14(22-2)18-23-11/h3-6,9-10H,7-8H2,1-2H3,(H,17,21). The monoisotopic (exact) mass is 315 g/mol. The highest BCUT2D eigenvalue weighted by Crippen LogP contribution is 2.32. The largest absolute Gasteiger partial charge is 0.479 e. The fourth-order valence-corrected chi connectivity index (χ4v) is 2.56. The summed E-state index contributed by atoms with van der Waals surface area (Å²) in [6.45, 7) is 1.71. The van der Waals surface area contributed by atoms with Gasteiger partial charge in [-0.15, -0.1) is 0 Å². The van der Waals surface area contributed by atoms with Crippen LogP contribution in [0.2, 0.25) is 0 Å². The smallest absolute Gasteiger partial charge is 0.254 e. The van der Waals surface area contributed by atoms with Crippen LogP contribution in [0.15, 0.2) is 34.9 Å². The lowest BCUT2D eigenvalue weighted by atomic mass is 10.1. The van der Waals surface area contributed by atoms with E-state index >= 15 is 0 Å². The maximum absolute atomic E-state index is 12.6. The highest BCUT2D eigenvalue weighted by atomic mass is 16.5. The fourth-order valence-electron chi connectivity index (χ4n) is 2.56. The number of benzene rings is 1. The SMILES string of the molecule is COc1cc(CCC(=O)N2c3ccccc3NC(=O)C2C)on1. The van der Waals surface area contributed by atoms with E-state index in [-0.39, 0.29) is 18.2 Å². The molecule has 7 heteroatoms. The highest BCUT2D eigenvalue weighted by molar-refractivity contribution is 6.11. The minimum Gasteiger partial charge on any atom is -0.479 e. The number of hydrogen-bond donors (Lipinski definition) is 1. The number of nitrogens with zero attached hydrogens (tertiary/aromatic N) is 2. The number of hydrogen-bond acceptors (Lipinski definition) is 5. The molecule has 1 aromatic heterocycles. The first-order valence-electron chi connectivity index (χ1n) is 7.31. The molecular weight excluding hydrogens is 298 g/mol. The van der Waals surface area contributed by atoms with Gasteiger partial charge in [-0.25, -0.2) is 0 Å².